The number of fused-ring (bicyclic) bond motifs is 3. The van der Waals surface area contributed by atoms with Crippen LogP contribution in [-0.2, 0) is 0 Å². The van der Waals surface area contributed by atoms with Gasteiger partial charge in [-0.3, -0.25) is 0 Å². The van der Waals surface area contributed by atoms with E-state index in [4.69, 9.17) is 0 Å². The van der Waals surface area contributed by atoms with Crippen LogP contribution < -0.4 is 0 Å². The maximum Gasteiger partial charge on any atom is 0.00507 e. The minimum Gasteiger partial charge on any atom is -0.303 e. The van der Waals surface area contributed by atoms with Gasteiger partial charge in [-0.25, -0.2) is 0 Å². The van der Waals surface area contributed by atoms with Gasteiger partial charge in [0.25, 0.3) is 0 Å². The average Bonchev–Trinajstić information content (AvgIpc) is 2.16. The summed E-state index contributed by atoms with van der Waals surface area (Å²) in [6, 6.07) is 0. The number of piperidine rings is 3. The molecule has 3 aliphatic rings. The summed E-state index contributed by atoms with van der Waals surface area (Å²) in [7, 11) is 0. The highest BCUT2D eigenvalue weighted by Crippen LogP contribution is 2.61. The average molecular weight is 223 g/mol. The third-order valence-electron chi connectivity index (χ3n) is 5.43. The SMILES string of the molecule is CC(C)(C)C1(C(C)(C)C)CN2CCC1CC2. The van der Waals surface area contributed by atoms with Crippen molar-refractivity contribution in [1.82, 2.24) is 4.90 Å². The molecule has 94 valence electrons. The van der Waals surface area contributed by atoms with E-state index in [0.29, 0.717) is 16.2 Å². The van der Waals surface area contributed by atoms with Crippen molar-refractivity contribution in [2.45, 2.75) is 54.4 Å². The quantitative estimate of drug-likeness (QED) is 0.604. The lowest BCUT2D eigenvalue weighted by atomic mass is 9.45. The van der Waals surface area contributed by atoms with Gasteiger partial charge in [-0.1, -0.05) is 41.5 Å². The van der Waals surface area contributed by atoms with E-state index in [2.05, 4.69) is 46.4 Å². The second-order valence-electron chi connectivity index (χ2n) is 8.02. The van der Waals surface area contributed by atoms with Crippen molar-refractivity contribution in [3.63, 3.8) is 0 Å². The van der Waals surface area contributed by atoms with Gasteiger partial charge in [-0.05, 0) is 48.1 Å². The van der Waals surface area contributed by atoms with Crippen molar-refractivity contribution in [2.75, 3.05) is 19.6 Å². The van der Waals surface area contributed by atoms with Gasteiger partial charge < -0.3 is 4.90 Å². The van der Waals surface area contributed by atoms with E-state index in [-0.39, 0.29) is 0 Å². The second-order valence-corrected chi connectivity index (χ2v) is 8.02. The monoisotopic (exact) mass is 223 g/mol. The van der Waals surface area contributed by atoms with Crippen LogP contribution in [0.2, 0.25) is 0 Å². The van der Waals surface area contributed by atoms with Gasteiger partial charge in [-0.2, -0.15) is 0 Å². The van der Waals surface area contributed by atoms with Crippen LogP contribution in [0.15, 0.2) is 0 Å². The maximum absolute atomic E-state index is 2.70. The molecule has 0 aromatic heterocycles. The van der Waals surface area contributed by atoms with Crippen molar-refractivity contribution in [3.8, 4) is 0 Å². The Morgan fingerprint density at radius 1 is 0.875 bits per heavy atom. The second kappa shape index (κ2) is 3.48. The highest BCUT2D eigenvalue weighted by atomic mass is 15.2. The van der Waals surface area contributed by atoms with Gasteiger partial charge in [-0.15, -0.1) is 0 Å². The zero-order chi connectivity index (χ0) is 12.2. The number of hydrogen-bond acceptors (Lipinski definition) is 1. The fraction of sp³-hybridized carbons (Fsp3) is 1.00. The summed E-state index contributed by atoms with van der Waals surface area (Å²) in [6.07, 6.45) is 2.85. The van der Waals surface area contributed by atoms with Gasteiger partial charge in [0.15, 0.2) is 0 Å². The van der Waals surface area contributed by atoms with Gasteiger partial charge in [0.05, 0.1) is 0 Å². The molecule has 16 heavy (non-hydrogen) atoms. The lowest BCUT2D eigenvalue weighted by Gasteiger charge is -2.65. The van der Waals surface area contributed by atoms with Crippen LogP contribution in [0, 0.1) is 22.2 Å². The molecule has 3 heterocycles. The Labute approximate surface area is 102 Å². The predicted molar refractivity (Wildman–Crippen MR) is 70.5 cm³/mol. The van der Waals surface area contributed by atoms with E-state index >= 15 is 0 Å². The van der Waals surface area contributed by atoms with E-state index in [0.717, 1.165) is 5.92 Å². The molecule has 0 aliphatic carbocycles. The van der Waals surface area contributed by atoms with E-state index in [1.54, 1.807) is 0 Å². The predicted octanol–water partition coefficient (Wildman–Crippen LogP) is 3.79. The lowest BCUT2D eigenvalue weighted by molar-refractivity contribution is -0.162. The van der Waals surface area contributed by atoms with E-state index < -0.39 is 0 Å². The lowest BCUT2D eigenvalue weighted by Crippen LogP contribution is -2.64. The Morgan fingerprint density at radius 2 is 1.31 bits per heavy atom. The summed E-state index contributed by atoms with van der Waals surface area (Å²) in [5, 5.41) is 0. The zero-order valence-electron chi connectivity index (χ0n) is 12.1. The highest BCUT2D eigenvalue weighted by molar-refractivity contribution is 5.08. The molecular weight excluding hydrogens is 194 g/mol. The van der Waals surface area contributed by atoms with Crippen LogP contribution in [0.5, 0.6) is 0 Å². The fourth-order valence-corrected chi connectivity index (χ4v) is 4.89. The minimum atomic E-state index is 0.412. The van der Waals surface area contributed by atoms with Crippen LogP contribution in [-0.4, -0.2) is 24.5 Å². The summed E-state index contributed by atoms with van der Waals surface area (Å²) >= 11 is 0. The van der Waals surface area contributed by atoms with Gasteiger partial charge in [0, 0.05) is 6.54 Å². The third-order valence-corrected chi connectivity index (χ3v) is 5.43. The number of rotatable bonds is 0. The molecule has 3 saturated heterocycles. The molecule has 0 radical (unpaired) electrons. The molecule has 3 aliphatic heterocycles. The molecule has 0 aromatic carbocycles. The normalized spacial score (nSPS) is 34.1. The Morgan fingerprint density at radius 3 is 1.50 bits per heavy atom. The van der Waals surface area contributed by atoms with Crippen molar-refractivity contribution in [2.24, 2.45) is 22.2 Å². The largest absolute Gasteiger partial charge is 0.303 e. The summed E-state index contributed by atoms with van der Waals surface area (Å²) in [5.41, 5.74) is 1.32. The van der Waals surface area contributed by atoms with Crippen LogP contribution in [0.3, 0.4) is 0 Å². The summed E-state index contributed by atoms with van der Waals surface area (Å²) in [6.45, 7) is 18.8. The first-order valence-electron chi connectivity index (χ1n) is 6.91. The molecule has 1 heteroatoms. The minimum absolute atomic E-state index is 0.412. The summed E-state index contributed by atoms with van der Waals surface area (Å²) in [5.74, 6) is 0.942. The maximum atomic E-state index is 2.70. The van der Waals surface area contributed by atoms with Crippen molar-refractivity contribution in [3.05, 3.63) is 0 Å². The molecule has 0 N–H and O–H groups in total. The van der Waals surface area contributed by atoms with Crippen LogP contribution in [0.25, 0.3) is 0 Å². The molecule has 3 fully saturated rings. The summed E-state index contributed by atoms with van der Waals surface area (Å²) in [4.78, 5) is 2.70. The zero-order valence-corrected chi connectivity index (χ0v) is 12.1. The molecule has 0 aromatic rings. The highest BCUT2D eigenvalue weighted by Gasteiger charge is 2.58. The molecule has 0 atom stereocenters. The molecule has 0 amide bonds. The first-order chi connectivity index (χ1) is 7.18. The van der Waals surface area contributed by atoms with Crippen LogP contribution >= 0.6 is 0 Å². The molecule has 0 unspecified atom stereocenters. The van der Waals surface area contributed by atoms with Gasteiger partial charge >= 0.3 is 0 Å². The Kier molecular flexibility index (Phi) is 2.70. The van der Waals surface area contributed by atoms with Crippen molar-refractivity contribution >= 4 is 0 Å². The number of hydrogen-bond donors (Lipinski definition) is 0. The molecule has 0 spiro atoms. The third kappa shape index (κ3) is 1.54. The van der Waals surface area contributed by atoms with E-state index in [1.807, 2.05) is 0 Å². The molecule has 2 bridgehead atoms. The molecule has 0 saturated carbocycles. The van der Waals surface area contributed by atoms with Crippen LogP contribution in [0.1, 0.15) is 54.4 Å². The van der Waals surface area contributed by atoms with E-state index in [9.17, 15) is 0 Å². The van der Waals surface area contributed by atoms with Crippen LogP contribution in [0.4, 0.5) is 0 Å². The Hall–Kier alpha value is -0.0400. The topological polar surface area (TPSA) is 3.24 Å². The molecule has 3 rings (SSSR count). The summed E-state index contributed by atoms with van der Waals surface area (Å²) < 4.78 is 0. The van der Waals surface area contributed by atoms with Gasteiger partial charge in [0.1, 0.15) is 0 Å². The Bertz CT molecular complexity index is 244. The molecular formula is C15H29N. The first kappa shape index (κ1) is 12.4. The van der Waals surface area contributed by atoms with E-state index in [1.165, 1.54) is 32.5 Å². The van der Waals surface area contributed by atoms with Crippen molar-refractivity contribution < 1.29 is 0 Å². The Balaban J connectivity index is 2.44. The van der Waals surface area contributed by atoms with Gasteiger partial charge in [0.2, 0.25) is 0 Å². The molecule has 1 nitrogen and oxygen atoms in total. The first-order valence-corrected chi connectivity index (χ1v) is 6.91. The standard InChI is InChI=1S/C15H29N/c1-13(2,3)15(14(4,5)6)11-16-9-7-12(15)8-10-16/h12H,7-11H2,1-6H3. The fourth-order valence-electron chi connectivity index (χ4n) is 4.89. The smallest absolute Gasteiger partial charge is 0.00507 e. The number of nitrogens with zero attached hydrogens (tertiary/aromatic N) is 1. The van der Waals surface area contributed by atoms with Crippen molar-refractivity contribution in [1.29, 1.82) is 0 Å².